The minimum Gasteiger partial charge on any atom is -0.480 e. The largest absolute Gasteiger partial charge is 0.480 e. The number of carboxylic acids is 1. The first-order chi connectivity index (χ1) is 9.82. The summed E-state index contributed by atoms with van der Waals surface area (Å²) in [6, 6.07) is 4.29. The van der Waals surface area contributed by atoms with Crippen LogP contribution in [0.4, 0.5) is 5.69 Å². The van der Waals surface area contributed by atoms with Gasteiger partial charge in [0.2, 0.25) is 0 Å². The summed E-state index contributed by atoms with van der Waals surface area (Å²) in [7, 11) is 0. The van der Waals surface area contributed by atoms with Crippen molar-refractivity contribution >= 4 is 29.3 Å². The van der Waals surface area contributed by atoms with Crippen LogP contribution in [0.2, 0.25) is 0 Å². The number of thioether (sulfide) groups is 1. The van der Waals surface area contributed by atoms with Crippen LogP contribution < -0.4 is 5.73 Å². The molecule has 3 N–H and O–H groups in total. The molecule has 0 spiro atoms. The van der Waals surface area contributed by atoms with Gasteiger partial charge in [0.15, 0.2) is 0 Å². The number of carbonyl (C=O) groups is 2. The number of rotatable bonds is 3. The fraction of sp³-hybridized carbons (Fsp3) is 0.467. The first-order valence-electron chi connectivity index (χ1n) is 6.86. The zero-order chi connectivity index (χ0) is 15.7. The van der Waals surface area contributed by atoms with E-state index in [-0.39, 0.29) is 17.2 Å². The summed E-state index contributed by atoms with van der Waals surface area (Å²) in [4.78, 5) is 25.7. The Hall–Kier alpha value is -1.69. The summed E-state index contributed by atoms with van der Waals surface area (Å²) in [6.45, 7) is 5.83. The van der Waals surface area contributed by atoms with E-state index >= 15 is 0 Å². The Bertz CT molecular complexity index is 574. The van der Waals surface area contributed by atoms with Crippen LogP contribution in [0.15, 0.2) is 18.2 Å². The quantitative estimate of drug-likeness (QED) is 0.836. The molecule has 0 radical (unpaired) electrons. The minimum atomic E-state index is -0.953. The van der Waals surface area contributed by atoms with E-state index in [0.717, 1.165) is 5.56 Å². The third-order valence-electron chi connectivity index (χ3n) is 3.64. The number of nitrogen functional groups attached to an aromatic ring is 1. The summed E-state index contributed by atoms with van der Waals surface area (Å²) in [6.07, 6.45) is 0. The average molecular weight is 308 g/mol. The van der Waals surface area contributed by atoms with Crippen LogP contribution in [0.25, 0.3) is 0 Å². The molecular formula is C15H20N2O3S. The van der Waals surface area contributed by atoms with E-state index in [0.29, 0.717) is 17.0 Å². The lowest BCUT2D eigenvalue weighted by molar-refractivity contribution is -0.141. The number of carboxylic acid groups (broad SMARTS) is 1. The van der Waals surface area contributed by atoms with Crippen LogP contribution in [0.1, 0.15) is 29.8 Å². The van der Waals surface area contributed by atoms with Gasteiger partial charge in [-0.2, -0.15) is 0 Å². The Kier molecular flexibility index (Phi) is 4.46. The molecule has 6 heteroatoms. The standard InChI is InChI=1S/C15H20N2O3S/c1-8(2)14-17(12(7-21-14)15(19)20)13(18)10-4-5-11(16)9(3)6-10/h4-6,8,12,14H,7,16H2,1-3H3,(H,19,20). The van der Waals surface area contributed by atoms with E-state index in [4.69, 9.17) is 5.73 Å². The van der Waals surface area contributed by atoms with Gasteiger partial charge in [-0.15, -0.1) is 11.8 Å². The number of aryl methyl sites for hydroxylation is 1. The molecule has 1 aliphatic heterocycles. The van der Waals surface area contributed by atoms with Crippen molar-refractivity contribution in [3.8, 4) is 0 Å². The van der Waals surface area contributed by atoms with Gasteiger partial charge in [-0.25, -0.2) is 4.79 Å². The Balaban J connectivity index is 2.36. The normalized spacial score (nSPS) is 21.8. The molecule has 0 saturated carbocycles. The molecule has 1 amide bonds. The SMILES string of the molecule is Cc1cc(C(=O)N2C(C(=O)O)CSC2C(C)C)ccc1N. The maximum Gasteiger partial charge on any atom is 0.327 e. The van der Waals surface area contributed by atoms with Crippen LogP contribution in [-0.4, -0.2) is 39.1 Å². The molecular weight excluding hydrogens is 288 g/mol. The first kappa shape index (κ1) is 15.7. The van der Waals surface area contributed by atoms with Crippen LogP contribution in [0.5, 0.6) is 0 Å². The number of hydrogen-bond donors (Lipinski definition) is 2. The van der Waals surface area contributed by atoms with Gasteiger partial charge in [-0.3, -0.25) is 4.79 Å². The molecule has 1 fully saturated rings. The molecule has 2 atom stereocenters. The van der Waals surface area contributed by atoms with Crippen molar-refractivity contribution in [3.63, 3.8) is 0 Å². The van der Waals surface area contributed by atoms with Gasteiger partial charge in [0, 0.05) is 17.0 Å². The molecule has 114 valence electrons. The van der Waals surface area contributed by atoms with Crippen LogP contribution in [0, 0.1) is 12.8 Å². The first-order valence-corrected chi connectivity index (χ1v) is 7.91. The van der Waals surface area contributed by atoms with Crippen LogP contribution in [0.3, 0.4) is 0 Å². The summed E-state index contributed by atoms with van der Waals surface area (Å²) >= 11 is 1.52. The zero-order valence-corrected chi connectivity index (χ0v) is 13.2. The third-order valence-corrected chi connectivity index (χ3v) is 5.26. The van der Waals surface area contributed by atoms with Gasteiger partial charge in [-0.05, 0) is 36.6 Å². The van der Waals surface area contributed by atoms with Crippen molar-refractivity contribution in [2.75, 3.05) is 11.5 Å². The molecule has 21 heavy (non-hydrogen) atoms. The highest BCUT2D eigenvalue weighted by molar-refractivity contribution is 8.00. The van der Waals surface area contributed by atoms with Crippen molar-refractivity contribution in [3.05, 3.63) is 29.3 Å². The second-order valence-electron chi connectivity index (χ2n) is 5.61. The number of aliphatic carboxylic acids is 1. The molecule has 1 heterocycles. The zero-order valence-electron chi connectivity index (χ0n) is 12.4. The van der Waals surface area contributed by atoms with E-state index in [1.165, 1.54) is 16.7 Å². The van der Waals surface area contributed by atoms with E-state index in [9.17, 15) is 14.7 Å². The van der Waals surface area contributed by atoms with Crippen LogP contribution >= 0.6 is 11.8 Å². The molecule has 0 aliphatic carbocycles. The molecule has 1 saturated heterocycles. The van der Waals surface area contributed by atoms with Gasteiger partial charge < -0.3 is 15.7 Å². The second-order valence-corrected chi connectivity index (χ2v) is 6.76. The summed E-state index contributed by atoms with van der Waals surface area (Å²) in [5.74, 6) is -0.573. The van der Waals surface area contributed by atoms with Gasteiger partial charge in [0.1, 0.15) is 6.04 Å². The van der Waals surface area contributed by atoms with E-state index < -0.39 is 12.0 Å². The van der Waals surface area contributed by atoms with Crippen molar-refractivity contribution in [1.82, 2.24) is 4.90 Å². The number of carbonyl (C=O) groups excluding carboxylic acids is 1. The summed E-state index contributed by atoms with van der Waals surface area (Å²) < 4.78 is 0. The fourth-order valence-electron chi connectivity index (χ4n) is 2.45. The molecule has 0 bridgehead atoms. The number of benzene rings is 1. The highest BCUT2D eigenvalue weighted by Gasteiger charge is 2.43. The lowest BCUT2D eigenvalue weighted by Gasteiger charge is -2.30. The van der Waals surface area contributed by atoms with Gasteiger partial charge in [-0.1, -0.05) is 13.8 Å². The Morgan fingerprint density at radius 1 is 1.43 bits per heavy atom. The molecule has 0 aromatic heterocycles. The van der Waals surface area contributed by atoms with Crippen molar-refractivity contribution in [2.24, 2.45) is 5.92 Å². The molecule has 1 aromatic rings. The monoisotopic (exact) mass is 308 g/mol. The number of anilines is 1. The van der Waals surface area contributed by atoms with Gasteiger partial charge in [0.05, 0.1) is 5.37 Å². The van der Waals surface area contributed by atoms with Crippen molar-refractivity contribution in [1.29, 1.82) is 0 Å². The highest BCUT2D eigenvalue weighted by atomic mass is 32.2. The smallest absolute Gasteiger partial charge is 0.327 e. The fourth-order valence-corrected chi connectivity index (χ4v) is 3.92. The summed E-state index contributed by atoms with van der Waals surface area (Å²) in [5, 5.41) is 9.24. The van der Waals surface area contributed by atoms with Gasteiger partial charge >= 0.3 is 5.97 Å². The number of amides is 1. The van der Waals surface area contributed by atoms with Crippen molar-refractivity contribution < 1.29 is 14.7 Å². The molecule has 5 nitrogen and oxygen atoms in total. The Labute approximate surface area is 128 Å². The second kappa shape index (κ2) is 5.97. The minimum absolute atomic E-state index is 0.114. The maximum atomic E-state index is 12.7. The van der Waals surface area contributed by atoms with Crippen molar-refractivity contribution in [2.45, 2.75) is 32.2 Å². The van der Waals surface area contributed by atoms with E-state index in [2.05, 4.69) is 0 Å². The number of nitrogens with two attached hydrogens (primary N) is 1. The topological polar surface area (TPSA) is 83.6 Å². The molecule has 1 aliphatic rings. The van der Waals surface area contributed by atoms with E-state index in [1.807, 2.05) is 20.8 Å². The molecule has 2 unspecified atom stereocenters. The maximum absolute atomic E-state index is 12.7. The lowest BCUT2D eigenvalue weighted by atomic mass is 10.1. The van der Waals surface area contributed by atoms with Gasteiger partial charge in [0.25, 0.3) is 5.91 Å². The summed E-state index contributed by atoms with van der Waals surface area (Å²) in [5.41, 5.74) is 7.70. The number of nitrogens with zero attached hydrogens (tertiary/aromatic N) is 1. The Morgan fingerprint density at radius 2 is 2.10 bits per heavy atom. The molecule has 1 aromatic carbocycles. The predicted molar refractivity (Wildman–Crippen MR) is 84.3 cm³/mol. The number of hydrogen-bond acceptors (Lipinski definition) is 4. The Morgan fingerprint density at radius 3 is 2.62 bits per heavy atom. The highest BCUT2D eigenvalue weighted by Crippen LogP contribution is 2.35. The predicted octanol–water partition coefficient (Wildman–Crippen LogP) is 2.20. The molecule has 2 rings (SSSR count). The van der Waals surface area contributed by atoms with E-state index in [1.54, 1.807) is 18.2 Å². The average Bonchev–Trinajstić information content (AvgIpc) is 2.86. The lowest BCUT2D eigenvalue weighted by Crippen LogP contribution is -2.47. The third kappa shape index (κ3) is 3.00. The van der Waals surface area contributed by atoms with Crippen LogP contribution in [-0.2, 0) is 4.79 Å².